The number of benzene rings is 3. The lowest BCUT2D eigenvalue weighted by Crippen LogP contribution is -2.04. The fraction of sp³-hybridized carbons (Fsp3) is 0.325. The normalized spacial score (nSPS) is 11.1. The van der Waals surface area contributed by atoms with Crippen molar-refractivity contribution in [3.05, 3.63) is 94.4 Å². The first kappa shape index (κ1) is 46.0. The van der Waals surface area contributed by atoms with E-state index >= 15 is 0 Å². The number of aromatic nitrogens is 3. The highest BCUT2D eigenvalue weighted by Crippen LogP contribution is 2.31. The molecule has 0 bridgehead atoms. The number of fused-ring (bicyclic) bond motifs is 3. The average Bonchev–Trinajstić information content (AvgIpc) is 3.89. The van der Waals surface area contributed by atoms with Gasteiger partial charge in [-0.1, -0.05) is 15.9 Å². The third-order valence-electron chi connectivity index (χ3n) is 8.61. The van der Waals surface area contributed by atoms with Gasteiger partial charge in [-0.25, -0.2) is 14.4 Å². The molecule has 308 valence electrons. The molecule has 0 spiro atoms. The lowest BCUT2D eigenvalue weighted by molar-refractivity contribution is 0.0594. The van der Waals surface area contributed by atoms with Gasteiger partial charge in [0.15, 0.2) is 0 Å². The fourth-order valence-corrected chi connectivity index (χ4v) is 6.47. The van der Waals surface area contributed by atoms with E-state index in [-0.39, 0.29) is 23.5 Å². The van der Waals surface area contributed by atoms with Crippen LogP contribution >= 0.6 is 15.9 Å². The molecule has 0 unspecified atom stereocenters. The Morgan fingerprint density at radius 3 is 1.21 bits per heavy atom. The molecule has 15 nitrogen and oxygen atoms in total. The van der Waals surface area contributed by atoms with Crippen LogP contribution in [0.4, 0.5) is 0 Å². The van der Waals surface area contributed by atoms with Crippen molar-refractivity contribution in [1.29, 1.82) is 0 Å². The van der Waals surface area contributed by atoms with Crippen molar-refractivity contribution in [3.63, 3.8) is 0 Å². The van der Waals surface area contributed by atoms with E-state index in [1.54, 1.807) is 25.3 Å². The summed E-state index contributed by atoms with van der Waals surface area (Å²) in [7, 11) is 1.24. The molecule has 0 amide bonds. The number of carboxylic acids is 1. The lowest BCUT2D eigenvalue weighted by Gasteiger charge is -2.11. The van der Waals surface area contributed by atoms with E-state index in [4.69, 9.17) is 36.5 Å². The summed E-state index contributed by atoms with van der Waals surface area (Å²) in [6.07, 6.45) is 5.87. The molecule has 3 aromatic heterocycles. The van der Waals surface area contributed by atoms with Crippen LogP contribution in [0.3, 0.4) is 0 Å². The molecule has 0 aliphatic heterocycles. The zero-order valence-corrected chi connectivity index (χ0v) is 35.7. The number of halogens is 1. The zero-order valence-electron chi connectivity index (χ0n) is 33.3. The maximum absolute atomic E-state index is 11.8. The second-order valence-electron chi connectivity index (χ2n) is 13.3. The summed E-state index contributed by atoms with van der Waals surface area (Å²) in [6.45, 7) is 12.5. The Hall–Kier alpha value is -5.36. The minimum absolute atomic E-state index is 0.277. The minimum Gasteiger partial charge on any atom is -0.497 e. The Morgan fingerprint density at radius 2 is 0.895 bits per heavy atom. The van der Waals surface area contributed by atoms with Crippen LogP contribution in [0, 0.1) is 0 Å². The third-order valence-corrected chi connectivity index (χ3v) is 9.07. The van der Waals surface area contributed by atoms with E-state index in [9.17, 15) is 19.5 Å². The quantitative estimate of drug-likeness (QED) is 0.0970. The number of ether oxygens (including phenoxy) is 4. The number of carbonyl (C=O) groups is 3. The van der Waals surface area contributed by atoms with Crippen molar-refractivity contribution in [1.82, 2.24) is 13.7 Å². The Balaban J connectivity index is 0.000000216. The molecular weight excluding hydrogens is 826 g/mol. The number of hydrogen-bond donors (Lipinski definition) is 3. The molecule has 17 heteroatoms. The van der Waals surface area contributed by atoms with Crippen LogP contribution in [0.15, 0.2) is 77.7 Å². The van der Waals surface area contributed by atoms with Crippen LogP contribution in [0.25, 0.3) is 32.7 Å². The van der Waals surface area contributed by atoms with Crippen LogP contribution in [0.5, 0.6) is 11.5 Å². The van der Waals surface area contributed by atoms with Gasteiger partial charge < -0.3 is 37.8 Å². The predicted molar refractivity (Wildman–Crippen MR) is 222 cm³/mol. The van der Waals surface area contributed by atoms with E-state index in [1.807, 2.05) is 59.6 Å². The van der Waals surface area contributed by atoms with Gasteiger partial charge in [-0.2, -0.15) is 8.42 Å². The molecule has 0 radical (unpaired) electrons. The molecule has 0 aliphatic rings. The van der Waals surface area contributed by atoms with Crippen LogP contribution < -0.4 is 9.47 Å². The Morgan fingerprint density at radius 1 is 0.579 bits per heavy atom. The fourth-order valence-electron chi connectivity index (χ4n) is 6.02. The zero-order chi connectivity index (χ0) is 42.9. The molecule has 6 rings (SSSR count). The highest BCUT2D eigenvalue weighted by atomic mass is 79.9. The van der Waals surface area contributed by atoms with Crippen molar-refractivity contribution in [2.45, 2.75) is 59.7 Å². The first-order valence-corrected chi connectivity index (χ1v) is 19.6. The second-order valence-corrected chi connectivity index (χ2v) is 15.1. The summed E-state index contributed by atoms with van der Waals surface area (Å²) in [5.41, 5.74) is 4.30. The molecule has 0 atom stereocenters. The van der Waals surface area contributed by atoms with Crippen LogP contribution in [0.2, 0.25) is 0 Å². The molecule has 3 aromatic carbocycles. The van der Waals surface area contributed by atoms with Crippen LogP contribution in [-0.4, -0.2) is 82.7 Å². The number of carbonyl (C=O) groups excluding carboxylic acids is 2. The highest BCUT2D eigenvalue weighted by Gasteiger charge is 2.18. The molecule has 3 N–H and O–H groups in total. The summed E-state index contributed by atoms with van der Waals surface area (Å²) in [4.78, 5) is 34.7. The van der Waals surface area contributed by atoms with Crippen LogP contribution in [-0.2, 0) is 19.9 Å². The van der Waals surface area contributed by atoms with Gasteiger partial charge in [-0.3, -0.25) is 9.11 Å². The number of rotatable bonds is 8. The van der Waals surface area contributed by atoms with E-state index in [0.29, 0.717) is 34.7 Å². The Bertz CT molecular complexity index is 2470. The van der Waals surface area contributed by atoms with E-state index in [0.717, 1.165) is 37.2 Å². The Labute approximate surface area is 339 Å². The lowest BCUT2D eigenvalue weighted by atomic mass is 10.1. The van der Waals surface area contributed by atoms with Crippen LogP contribution in [0.1, 0.15) is 90.7 Å². The van der Waals surface area contributed by atoms with Crippen molar-refractivity contribution in [2.24, 2.45) is 0 Å². The number of methoxy groups -OCH3 is 4. The van der Waals surface area contributed by atoms with Gasteiger partial charge in [-0.05, 0) is 84.0 Å². The van der Waals surface area contributed by atoms with Crippen molar-refractivity contribution >= 4 is 76.9 Å². The van der Waals surface area contributed by atoms with Gasteiger partial charge in [-0.15, -0.1) is 0 Å². The summed E-state index contributed by atoms with van der Waals surface area (Å²) >= 11 is 3.43. The number of esters is 2. The van der Waals surface area contributed by atoms with Gasteiger partial charge in [0.25, 0.3) is 0 Å². The van der Waals surface area contributed by atoms with Gasteiger partial charge in [0.1, 0.15) is 11.5 Å². The summed E-state index contributed by atoms with van der Waals surface area (Å²) in [5.74, 6) is -0.368. The topological polar surface area (TPSA) is 198 Å². The maximum atomic E-state index is 11.8. The molecule has 0 aliphatic carbocycles. The van der Waals surface area contributed by atoms with Gasteiger partial charge in [0, 0.05) is 69.5 Å². The van der Waals surface area contributed by atoms with Crippen molar-refractivity contribution < 1.29 is 56.0 Å². The van der Waals surface area contributed by atoms with Gasteiger partial charge >= 0.3 is 28.3 Å². The SMILES string of the molecule is COC(=O)c1cc(Br)cc2c1ccn2C(C)C.COC(=O)c1cc(OC)cc2c1ccn2C(C)C.COc1cc(C(=O)O)c2ccn(C(C)C)c2c1.O=S(=O)(O)O. The molecule has 3 heterocycles. The third kappa shape index (κ3) is 11.6. The van der Waals surface area contributed by atoms with Crippen molar-refractivity contribution in [2.75, 3.05) is 28.4 Å². The number of aromatic carboxylic acids is 1. The first-order chi connectivity index (χ1) is 26.7. The molecular formula is C40H48BrN3O12S. The molecule has 57 heavy (non-hydrogen) atoms. The predicted octanol–water partition coefficient (Wildman–Crippen LogP) is 9.06. The second kappa shape index (κ2) is 19.7. The van der Waals surface area contributed by atoms with E-state index in [1.165, 1.54) is 21.3 Å². The number of nitrogens with zero attached hydrogens (tertiary/aromatic N) is 3. The highest BCUT2D eigenvalue weighted by molar-refractivity contribution is 9.10. The van der Waals surface area contributed by atoms with Crippen molar-refractivity contribution in [3.8, 4) is 11.5 Å². The monoisotopic (exact) mass is 873 g/mol. The molecule has 0 saturated heterocycles. The maximum Gasteiger partial charge on any atom is 0.394 e. The van der Waals surface area contributed by atoms with Gasteiger partial charge in [0.2, 0.25) is 0 Å². The molecule has 0 fully saturated rings. The summed E-state index contributed by atoms with van der Waals surface area (Å²) in [6, 6.07) is 17.5. The van der Waals surface area contributed by atoms with Gasteiger partial charge in [0.05, 0.1) is 61.7 Å². The minimum atomic E-state index is -4.67. The molecule has 0 saturated carbocycles. The average molecular weight is 875 g/mol. The number of carboxylic acid groups (broad SMARTS) is 1. The smallest absolute Gasteiger partial charge is 0.394 e. The largest absolute Gasteiger partial charge is 0.497 e. The molecule has 6 aromatic rings. The van der Waals surface area contributed by atoms with E-state index in [2.05, 4.69) is 66.6 Å². The summed E-state index contributed by atoms with van der Waals surface area (Å²) in [5, 5.41) is 11.7. The number of hydrogen-bond acceptors (Lipinski definition) is 9. The Kier molecular flexibility index (Phi) is 15.9. The standard InChI is InChI=1S/C14H17NO3.C13H14BrNO2.C13H15NO3.H2O4S/c1-9(2)15-6-5-11-12(14(16)18-4)7-10(17-3)8-13(11)15;1-8(2)15-5-4-10-11(13(16)17-3)6-9(14)7-12(10)15;1-8(2)14-5-4-10-11(13(15)16)6-9(17-3)7-12(10)14;1-5(2,3)4/h5-9H,1-4H3;4-8H,1-3H3;4-8H,1-3H3,(H,15,16);(H2,1,2,3,4). The van der Waals surface area contributed by atoms with E-state index < -0.39 is 16.4 Å². The summed E-state index contributed by atoms with van der Waals surface area (Å²) < 4.78 is 58.7. The first-order valence-electron chi connectivity index (χ1n) is 17.4.